The molecule has 128 valence electrons. The van der Waals surface area contributed by atoms with Gasteiger partial charge in [0.25, 0.3) is 0 Å². The summed E-state index contributed by atoms with van der Waals surface area (Å²) in [6.45, 7) is 0. The third-order valence-corrected chi connectivity index (χ3v) is 5.10. The van der Waals surface area contributed by atoms with E-state index in [4.69, 9.17) is 21.7 Å². The second-order valence-electron chi connectivity index (χ2n) is 6.17. The fourth-order valence-corrected chi connectivity index (χ4v) is 3.98. The van der Waals surface area contributed by atoms with Crippen molar-refractivity contribution >= 4 is 23.0 Å². The van der Waals surface area contributed by atoms with E-state index in [9.17, 15) is 0 Å². The summed E-state index contributed by atoms with van der Waals surface area (Å²) in [6.07, 6.45) is 1.99. The van der Waals surface area contributed by atoms with E-state index < -0.39 is 0 Å². The van der Waals surface area contributed by atoms with Crippen LogP contribution in [0.3, 0.4) is 0 Å². The SMILES string of the molecule is COc1cccc(C2NC(=S)NC3=C2CCc2ccccc23)c1OC. The molecule has 1 heterocycles. The minimum atomic E-state index is -0.0258. The Morgan fingerprint density at radius 1 is 1.00 bits per heavy atom. The highest BCUT2D eigenvalue weighted by Gasteiger charge is 2.32. The molecule has 4 rings (SSSR count). The standard InChI is InChI=1S/C20H20N2O2S/c1-23-16-9-5-8-15(19(16)24-2)18-14-11-10-12-6-3-4-7-13(12)17(14)21-20(25)22-18/h3-9,18H,10-11H2,1-2H3,(H2,21,22,25). The van der Waals surface area contributed by atoms with Crippen molar-refractivity contribution in [1.82, 2.24) is 10.6 Å². The molecule has 5 heteroatoms. The molecule has 2 aliphatic rings. The molecule has 1 atom stereocenters. The smallest absolute Gasteiger partial charge is 0.171 e. The van der Waals surface area contributed by atoms with E-state index in [2.05, 4.69) is 41.0 Å². The molecule has 2 aromatic rings. The Bertz CT molecular complexity index is 876. The first-order valence-electron chi connectivity index (χ1n) is 8.32. The van der Waals surface area contributed by atoms with E-state index in [-0.39, 0.29) is 6.04 Å². The zero-order valence-corrected chi connectivity index (χ0v) is 15.1. The van der Waals surface area contributed by atoms with Crippen molar-refractivity contribution in [1.29, 1.82) is 0 Å². The Kier molecular flexibility index (Phi) is 4.09. The van der Waals surface area contributed by atoms with Crippen LogP contribution >= 0.6 is 12.2 Å². The van der Waals surface area contributed by atoms with Crippen LogP contribution in [0.2, 0.25) is 0 Å². The monoisotopic (exact) mass is 352 g/mol. The molecule has 0 spiro atoms. The van der Waals surface area contributed by atoms with Crippen molar-refractivity contribution in [3.63, 3.8) is 0 Å². The van der Waals surface area contributed by atoms with Gasteiger partial charge in [0.15, 0.2) is 16.6 Å². The highest BCUT2D eigenvalue weighted by Crippen LogP contribution is 2.43. The third kappa shape index (κ3) is 2.65. The number of fused-ring (bicyclic) bond motifs is 2. The van der Waals surface area contributed by atoms with Gasteiger partial charge in [-0.3, -0.25) is 0 Å². The zero-order valence-electron chi connectivity index (χ0n) is 14.3. The summed E-state index contributed by atoms with van der Waals surface area (Å²) in [5, 5.41) is 7.41. The second kappa shape index (κ2) is 6.41. The zero-order chi connectivity index (χ0) is 17.4. The van der Waals surface area contributed by atoms with Crippen molar-refractivity contribution in [2.24, 2.45) is 0 Å². The van der Waals surface area contributed by atoms with E-state index in [1.807, 2.05) is 12.1 Å². The molecule has 0 radical (unpaired) electrons. The highest BCUT2D eigenvalue weighted by atomic mass is 32.1. The van der Waals surface area contributed by atoms with Crippen LogP contribution in [-0.4, -0.2) is 19.3 Å². The van der Waals surface area contributed by atoms with Gasteiger partial charge in [0.05, 0.1) is 20.3 Å². The number of nitrogens with one attached hydrogen (secondary N) is 2. The van der Waals surface area contributed by atoms with Gasteiger partial charge in [0, 0.05) is 16.8 Å². The number of ether oxygens (including phenoxy) is 2. The molecule has 0 amide bonds. The van der Waals surface area contributed by atoms with Gasteiger partial charge in [-0.15, -0.1) is 0 Å². The molecule has 2 aromatic carbocycles. The van der Waals surface area contributed by atoms with Crippen LogP contribution in [0, 0.1) is 0 Å². The predicted molar refractivity (Wildman–Crippen MR) is 103 cm³/mol. The Hall–Kier alpha value is -2.53. The molecule has 25 heavy (non-hydrogen) atoms. The van der Waals surface area contributed by atoms with Crippen LogP contribution in [0.15, 0.2) is 48.0 Å². The maximum atomic E-state index is 5.65. The van der Waals surface area contributed by atoms with Gasteiger partial charge in [0.1, 0.15) is 0 Å². The number of thiocarbonyl (C=S) groups is 1. The highest BCUT2D eigenvalue weighted by molar-refractivity contribution is 7.80. The summed E-state index contributed by atoms with van der Waals surface area (Å²) in [7, 11) is 3.33. The number of aryl methyl sites for hydroxylation is 1. The molecule has 1 aliphatic carbocycles. The van der Waals surface area contributed by atoms with E-state index in [1.165, 1.54) is 16.7 Å². The number of hydrogen-bond donors (Lipinski definition) is 2. The van der Waals surface area contributed by atoms with Gasteiger partial charge in [-0.1, -0.05) is 36.4 Å². The van der Waals surface area contributed by atoms with Crippen molar-refractivity contribution in [2.45, 2.75) is 18.9 Å². The molecule has 1 unspecified atom stereocenters. The summed E-state index contributed by atoms with van der Waals surface area (Å²) in [6, 6.07) is 14.4. The molecule has 0 aromatic heterocycles. The topological polar surface area (TPSA) is 42.5 Å². The fourth-order valence-electron chi connectivity index (χ4n) is 3.76. The van der Waals surface area contributed by atoms with Gasteiger partial charge >= 0.3 is 0 Å². The lowest BCUT2D eigenvalue weighted by Crippen LogP contribution is -2.44. The fraction of sp³-hybridized carbons (Fsp3) is 0.250. The maximum Gasteiger partial charge on any atom is 0.171 e. The van der Waals surface area contributed by atoms with Crippen LogP contribution in [0.5, 0.6) is 11.5 Å². The van der Waals surface area contributed by atoms with E-state index >= 15 is 0 Å². The Morgan fingerprint density at radius 2 is 1.84 bits per heavy atom. The average Bonchev–Trinajstić information content (AvgIpc) is 2.66. The molecule has 1 aliphatic heterocycles. The summed E-state index contributed by atoms with van der Waals surface area (Å²) in [5.41, 5.74) is 6.06. The Balaban J connectivity index is 1.88. The maximum absolute atomic E-state index is 5.65. The number of hydrogen-bond acceptors (Lipinski definition) is 3. The number of rotatable bonds is 3. The lowest BCUT2D eigenvalue weighted by molar-refractivity contribution is 0.349. The minimum Gasteiger partial charge on any atom is -0.493 e. The normalized spacial score (nSPS) is 18.6. The lowest BCUT2D eigenvalue weighted by Gasteiger charge is -2.36. The van der Waals surface area contributed by atoms with E-state index in [0.29, 0.717) is 5.11 Å². The van der Waals surface area contributed by atoms with Crippen molar-refractivity contribution in [3.8, 4) is 11.5 Å². The molecule has 2 N–H and O–H groups in total. The molecule has 0 saturated heterocycles. The van der Waals surface area contributed by atoms with Gasteiger partial charge < -0.3 is 20.1 Å². The molecular formula is C20H20N2O2S. The first kappa shape index (κ1) is 16.0. The largest absolute Gasteiger partial charge is 0.493 e. The van der Waals surface area contributed by atoms with Crippen LogP contribution in [0.25, 0.3) is 5.70 Å². The average molecular weight is 352 g/mol. The van der Waals surface area contributed by atoms with Crippen molar-refractivity contribution < 1.29 is 9.47 Å². The minimum absolute atomic E-state index is 0.0258. The first-order valence-corrected chi connectivity index (χ1v) is 8.73. The summed E-state index contributed by atoms with van der Waals surface area (Å²) in [4.78, 5) is 0. The number of benzene rings is 2. The molecule has 0 saturated carbocycles. The summed E-state index contributed by atoms with van der Waals surface area (Å²) < 4.78 is 11.1. The number of methoxy groups -OCH3 is 2. The molecule has 0 fully saturated rings. The van der Waals surface area contributed by atoms with Gasteiger partial charge in [-0.2, -0.15) is 0 Å². The Labute approximate surface area is 152 Å². The van der Waals surface area contributed by atoms with Crippen molar-refractivity contribution in [3.05, 3.63) is 64.7 Å². The molecule has 4 nitrogen and oxygen atoms in total. The van der Waals surface area contributed by atoms with E-state index in [1.54, 1.807) is 14.2 Å². The van der Waals surface area contributed by atoms with E-state index in [0.717, 1.165) is 35.6 Å². The van der Waals surface area contributed by atoms with Crippen molar-refractivity contribution in [2.75, 3.05) is 14.2 Å². The van der Waals surface area contributed by atoms with Crippen LogP contribution < -0.4 is 20.1 Å². The lowest BCUT2D eigenvalue weighted by atomic mass is 9.82. The second-order valence-corrected chi connectivity index (χ2v) is 6.58. The predicted octanol–water partition coefficient (Wildman–Crippen LogP) is 3.58. The van der Waals surface area contributed by atoms with Gasteiger partial charge in [-0.05, 0) is 42.3 Å². The summed E-state index contributed by atoms with van der Waals surface area (Å²) in [5.74, 6) is 1.47. The van der Waals surface area contributed by atoms with Crippen LogP contribution in [0.1, 0.15) is 29.2 Å². The molecular weight excluding hydrogens is 332 g/mol. The van der Waals surface area contributed by atoms with Gasteiger partial charge in [-0.25, -0.2) is 0 Å². The third-order valence-electron chi connectivity index (χ3n) is 4.88. The first-order chi connectivity index (χ1) is 12.2. The number of para-hydroxylation sites is 1. The Morgan fingerprint density at radius 3 is 2.64 bits per heavy atom. The van der Waals surface area contributed by atoms with Gasteiger partial charge in [0.2, 0.25) is 0 Å². The summed E-state index contributed by atoms with van der Waals surface area (Å²) >= 11 is 5.49. The van der Waals surface area contributed by atoms with Crippen LogP contribution in [-0.2, 0) is 6.42 Å². The quantitative estimate of drug-likeness (QED) is 0.827. The van der Waals surface area contributed by atoms with Crippen LogP contribution in [0.4, 0.5) is 0 Å². The molecule has 0 bridgehead atoms.